The second kappa shape index (κ2) is 4.71. The number of benzene rings is 2. The van der Waals surface area contributed by atoms with Crippen molar-refractivity contribution in [3.63, 3.8) is 0 Å². The fraction of sp³-hybridized carbons (Fsp3) is 0.188. The van der Waals surface area contributed by atoms with Gasteiger partial charge in [0, 0.05) is 10.0 Å². The van der Waals surface area contributed by atoms with Crippen molar-refractivity contribution in [1.82, 2.24) is 0 Å². The molecule has 2 aromatic carbocycles. The van der Waals surface area contributed by atoms with Gasteiger partial charge in [-0.05, 0) is 41.3 Å². The third-order valence-electron chi connectivity index (χ3n) is 3.60. The molecule has 19 heavy (non-hydrogen) atoms. The van der Waals surface area contributed by atoms with Gasteiger partial charge in [-0.2, -0.15) is 5.26 Å². The lowest BCUT2D eigenvalue weighted by molar-refractivity contribution is 0.409. The molecule has 1 atom stereocenters. The van der Waals surface area contributed by atoms with Gasteiger partial charge in [-0.25, -0.2) is 0 Å². The fourth-order valence-electron chi connectivity index (χ4n) is 2.71. The molecule has 0 saturated heterocycles. The average molecular weight is 314 g/mol. The molecule has 3 heteroatoms. The molecule has 0 spiro atoms. The summed E-state index contributed by atoms with van der Waals surface area (Å²) in [5.74, 6) is 0.760. The molecule has 2 aromatic rings. The molecule has 94 valence electrons. The lowest BCUT2D eigenvalue weighted by Crippen LogP contribution is -2.11. The van der Waals surface area contributed by atoms with Crippen LogP contribution in [0.2, 0.25) is 0 Å². The number of hydrogen-bond donors (Lipinski definition) is 0. The van der Waals surface area contributed by atoms with Crippen LogP contribution in [0.4, 0.5) is 0 Å². The van der Waals surface area contributed by atoms with E-state index in [2.05, 4.69) is 34.1 Å². The number of methoxy groups -OCH3 is 1. The van der Waals surface area contributed by atoms with Crippen molar-refractivity contribution in [2.24, 2.45) is 0 Å². The first-order valence-corrected chi connectivity index (χ1v) is 6.89. The van der Waals surface area contributed by atoms with Gasteiger partial charge in [-0.3, -0.25) is 0 Å². The van der Waals surface area contributed by atoms with E-state index in [1.807, 2.05) is 24.3 Å². The number of nitriles is 1. The predicted molar refractivity (Wildman–Crippen MR) is 78.2 cm³/mol. The maximum absolute atomic E-state index is 9.39. The van der Waals surface area contributed by atoms with Crippen LogP contribution in [0.15, 0.2) is 40.9 Å². The Morgan fingerprint density at radius 1 is 1.26 bits per heavy atom. The summed E-state index contributed by atoms with van der Waals surface area (Å²) in [7, 11) is 1.67. The van der Waals surface area contributed by atoms with Crippen LogP contribution >= 0.6 is 15.9 Å². The van der Waals surface area contributed by atoms with E-state index in [-0.39, 0.29) is 5.92 Å². The lowest BCUT2D eigenvalue weighted by Gasteiger charge is -2.25. The van der Waals surface area contributed by atoms with Crippen molar-refractivity contribution in [1.29, 1.82) is 5.26 Å². The Labute approximate surface area is 120 Å². The molecular weight excluding hydrogens is 302 g/mol. The van der Waals surface area contributed by atoms with Gasteiger partial charge < -0.3 is 4.74 Å². The summed E-state index contributed by atoms with van der Waals surface area (Å²) in [4.78, 5) is 0. The standard InChI is InChI=1S/C16H12BrNO/c1-19-16-4-2-3-13-14-8-11(17)5-6-12(14)10(9-18)7-15(13)16/h2-6,8,10H,7H2,1H3/t10-/m0/s1. The molecule has 1 aliphatic rings. The Morgan fingerprint density at radius 3 is 2.84 bits per heavy atom. The van der Waals surface area contributed by atoms with Gasteiger partial charge in [0.05, 0.1) is 19.1 Å². The van der Waals surface area contributed by atoms with Crippen molar-refractivity contribution < 1.29 is 4.74 Å². The predicted octanol–water partition coefficient (Wildman–Crippen LogP) is 4.29. The van der Waals surface area contributed by atoms with Crippen molar-refractivity contribution >= 4 is 15.9 Å². The first-order chi connectivity index (χ1) is 9.24. The van der Waals surface area contributed by atoms with Crippen LogP contribution < -0.4 is 4.74 Å². The third-order valence-corrected chi connectivity index (χ3v) is 4.09. The summed E-state index contributed by atoms with van der Waals surface area (Å²) in [5.41, 5.74) is 4.52. The van der Waals surface area contributed by atoms with Crippen LogP contribution in [0, 0.1) is 11.3 Å². The molecule has 0 bridgehead atoms. The molecule has 3 rings (SSSR count). The number of rotatable bonds is 1. The highest BCUT2D eigenvalue weighted by Crippen LogP contribution is 2.43. The summed E-state index contributed by atoms with van der Waals surface area (Å²) in [6.07, 6.45) is 0.713. The second-order valence-corrected chi connectivity index (χ2v) is 5.52. The highest BCUT2D eigenvalue weighted by Gasteiger charge is 2.26. The van der Waals surface area contributed by atoms with Crippen LogP contribution in [0.25, 0.3) is 11.1 Å². The number of nitrogens with zero attached hydrogens (tertiary/aromatic N) is 1. The highest BCUT2D eigenvalue weighted by atomic mass is 79.9. The Balaban J connectivity index is 2.30. The minimum atomic E-state index is -0.105. The Morgan fingerprint density at radius 2 is 2.11 bits per heavy atom. The Kier molecular flexibility index (Phi) is 3.04. The van der Waals surface area contributed by atoms with Gasteiger partial charge in [0.15, 0.2) is 0 Å². The van der Waals surface area contributed by atoms with E-state index in [1.54, 1.807) is 7.11 Å². The van der Waals surface area contributed by atoms with Gasteiger partial charge in [0.1, 0.15) is 5.75 Å². The second-order valence-electron chi connectivity index (χ2n) is 4.60. The topological polar surface area (TPSA) is 33.0 Å². The SMILES string of the molecule is COc1cccc2c1C[C@@H](C#N)c1ccc(Br)cc1-2. The number of ether oxygens (including phenoxy) is 1. The molecule has 0 aromatic heterocycles. The first-order valence-electron chi connectivity index (χ1n) is 6.10. The van der Waals surface area contributed by atoms with E-state index < -0.39 is 0 Å². The number of fused-ring (bicyclic) bond motifs is 3. The monoisotopic (exact) mass is 313 g/mol. The molecule has 0 amide bonds. The fourth-order valence-corrected chi connectivity index (χ4v) is 3.08. The van der Waals surface area contributed by atoms with Gasteiger partial charge in [0.2, 0.25) is 0 Å². The van der Waals surface area contributed by atoms with Crippen LogP contribution in [0.5, 0.6) is 5.75 Å². The summed E-state index contributed by atoms with van der Waals surface area (Å²) < 4.78 is 6.46. The van der Waals surface area contributed by atoms with E-state index in [0.717, 1.165) is 26.9 Å². The van der Waals surface area contributed by atoms with Crippen molar-refractivity contribution in [2.45, 2.75) is 12.3 Å². The highest BCUT2D eigenvalue weighted by molar-refractivity contribution is 9.10. The zero-order chi connectivity index (χ0) is 13.4. The van der Waals surface area contributed by atoms with E-state index in [9.17, 15) is 5.26 Å². The van der Waals surface area contributed by atoms with E-state index in [1.165, 1.54) is 5.56 Å². The summed E-state index contributed by atoms with van der Waals surface area (Å²) >= 11 is 3.51. The molecule has 0 aliphatic heterocycles. The largest absolute Gasteiger partial charge is 0.496 e. The van der Waals surface area contributed by atoms with Crippen LogP contribution in [0.1, 0.15) is 17.0 Å². The zero-order valence-electron chi connectivity index (χ0n) is 10.5. The molecule has 0 saturated carbocycles. The molecule has 0 heterocycles. The number of halogens is 1. The maximum Gasteiger partial charge on any atom is 0.122 e. The summed E-state index contributed by atoms with van der Waals surface area (Å²) in [6.45, 7) is 0. The van der Waals surface area contributed by atoms with Crippen LogP contribution in [0.3, 0.4) is 0 Å². The third kappa shape index (κ3) is 1.93. The minimum absolute atomic E-state index is 0.105. The van der Waals surface area contributed by atoms with Crippen LogP contribution in [-0.2, 0) is 6.42 Å². The van der Waals surface area contributed by atoms with E-state index in [0.29, 0.717) is 6.42 Å². The lowest BCUT2D eigenvalue weighted by atomic mass is 9.79. The quantitative estimate of drug-likeness (QED) is 0.787. The number of hydrogen-bond acceptors (Lipinski definition) is 2. The molecule has 1 aliphatic carbocycles. The van der Waals surface area contributed by atoms with Gasteiger partial charge >= 0.3 is 0 Å². The van der Waals surface area contributed by atoms with Crippen molar-refractivity contribution in [3.8, 4) is 22.9 Å². The molecule has 0 radical (unpaired) electrons. The van der Waals surface area contributed by atoms with E-state index in [4.69, 9.17) is 4.74 Å². The molecule has 0 unspecified atom stereocenters. The van der Waals surface area contributed by atoms with E-state index >= 15 is 0 Å². The van der Waals surface area contributed by atoms with Gasteiger partial charge in [0.25, 0.3) is 0 Å². The summed E-state index contributed by atoms with van der Waals surface area (Å²) in [5, 5.41) is 9.39. The first kappa shape index (κ1) is 12.3. The van der Waals surface area contributed by atoms with Crippen molar-refractivity contribution in [3.05, 3.63) is 52.0 Å². The molecular formula is C16H12BrNO. The smallest absolute Gasteiger partial charge is 0.122 e. The maximum atomic E-state index is 9.39. The van der Waals surface area contributed by atoms with Gasteiger partial charge in [-0.1, -0.05) is 34.1 Å². The summed E-state index contributed by atoms with van der Waals surface area (Å²) in [6, 6.07) is 14.6. The molecule has 0 N–H and O–H groups in total. The zero-order valence-corrected chi connectivity index (χ0v) is 12.1. The minimum Gasteiger partial charge on any atom is -0.496 e. The van der Waals surface area contributed by atoms with Gasteiger partial charge in [-0.15, -0.1) is 0 Å². The van der Waals surface area contributed by atoms with Crippen LogP contribution in [-0.4, -0.2) is 7.11 Å². The normalized spacial score (nSPS) is 16.2. The Bertz CT molecular complexity index is 688. The average Bonchev–Trinajstić information content (AvgIpc) is 2.45. The molecule has 0 fully saturated rings. The molecule has 2 nitrogen and oxygen atoms in total. The Hall–Kier alpha value is -1.79. The van der Waals surface area contributed by atoms with Crippen molar-refractivity contribution in [2.75, 3.05) is 7.11 Å².